The van der Waals surface area contributed by atoms with Crippen molar-refractivity contribution in [2.24, 2.45) is 0 Å². The van der Waals surface area contributed by atoms with Crippen molar-refractivity contribution in [3.63, 3.8) is 0 Å². The Labute approximate surface area is 125 Å². The molecule has 0 aliphatic heterocycles. The first kappa shape index (κ1) is 15.4. The second kappa shape index (κ2) is 7.18. The number of benzene rings is 1. The Hall–Kier alpha value is -1.94. The molecule has 1 aromatic carbocycles. The first-order chi connectivity index (χ1) is 10.1. The molecule has 21 heavy (non-hydrogen) atoms. The van der Waals surface area contributed by atoms with Crippen molar-refractivity contribution in [1.29, 1.82) is 0 Å². The van der Waals surface area contributed by atoms with E-state index in [9.17, 15) is 4.39 Å². The van der Waals surface area contributed by atoms with Crippen LogP contribution < -0.4 is 10.2 Å². The normalized spacial score (nSPS) is 12.2. The maximum Gasteiger partial charge on any atom is 0.137 e. The Morgan fingerprint density at radius 2 is 2.10 bits per heavy atom. The lowest BCUT2D eigenvalue weighted by Crippen LogP contribution is -2.22. The number of rotatable bonds is 6. The van der Waals surface area contributed by atoms with Crippen molar-refractivity contribution in [2.75, 3.05) is 18.5 Å². The minimum absolute atomic E-state index is 0.199. The van der Waals surface area contributed by atoms with Gasteiger partial charge in [0, 0.05) is 30.5 Å². The molecule has 0 saturated heterocycles. The minimum atomic E-state index is -0.242. The van der Waals surface area contributed by atoms with E-state index >= 15 is 0 Å². The van der Waals surface area contributed by atoms with Crippen LogP contribution in [-0.4, -0.2) is 18.6 Å². The van der Waals surface area contributed by atoms with Crippen LogP contribution in [0.15, 0.2) is 42.6 Å². The zero-order valence-corrected chi connectivity index (χ0v) is 12.8. The third kappa shape index (κ3) is 3.79. The van der Waals surface area contributed by atoms with E-state index in [1.54, 1.807) is 12.3 Å². The van der Waals surface area contributed by atoms with Crippen molar-refractivity contribution >= 4 is 11.5 Å². The van der Waals surface area contributed by atoms with Crippen LogP contribution in [0.2, 0.25) is 0 Å². The number of nitrogens with one attached hydrogen (secondary N) is 1. The molecule has 2 rings (SSSR count). The molecule has 0 aliphatic rings. The van der Waals surface area contributed by atoms with E-state index in [1.165, 1.54) is 12.1 Å². The molecular weight excluding hydrogens is 265 g/mol. The molecule has 0 spiro atoms. The second-order valence-electron chi connectivity index (χ2n) is 5.13. The fourth-order valence-electron chi connectivity index (χ4n) is 2.31. The zero-order chi connectivity index (χ0) is 15.2. The Morgan fingerprint density at radius 3 is 2.81 bits per heavy atom. The minimum Gasteiger partial charge on any atom is -0.329 e. The molecule has 0 amide bonds. The molecule has 1 unspecified atom stereocenters. The fourth-order valence-corrected chi connectivity index (χ4v) is 2.31. The SMILES string of the molecule is CCCNC(C)c1cccnc1N(C)c1cccc(F)c1. The fraction of sp³-hybridized carbons (Fsp3) is 0.353. The molecule has 1 N–H and O–H groups in total. The molecule has 0 saturated carbocycles. The van der Waals surface area contributed by atoms with Crippen LogP contribution in [-0.2, 0) is 0 Å². The molecule has 112 valence electrons. The van der Waals surface area contributed by atoms with E-state index in [-0.39, 0.29) is 11.9 Å². The Bertz CT molecular complexity index is 586. The monoisotopic (exact) mass is 287 g/mol. The molecule has 0 bridgehead atoms. The number of halogens is 1. The summed E-state index contributed by atoms with van der Waals surface area (Å²) in [6.45, 7) is 5.22. The summed E-state index contributed by atoms with van der Waals surface area (Å²) in [5.74, 6) is 0.605. The smallest absolute Gasteiger partial charge is 0.137 e. The molecule has 1 atom stereocenters. The number of hydrogen-bond donors (Lipinski definition) is 1. The summed E-state index contributed by atoms with van der Waals surface area (Å²) in [4.78, 5) is 6.40. The van der Waals surface area contributed by atoms with Crippen LogP contribution in [0, 0.1) is 5.82 Å². The van der Waals surface area contributed by atoms with Gasteiger partial charge in [0.05, 0.1) is 0 Å². The highest BCUT2D eigenvalue weighted by atomic mass is 19.1. The summed E-state index contributed by atoms with van der Waals surface area (Å²) in [5, 5.41) is 3.47. The maximum absolute atomic E-state index is 13.4. The molecule has 0 fully saturated rings. The topological polar surface area (TPSA) is 28.2 Å². The predicted molar refractivity (Wildman–Crippen MR) is 85.4 cm³/mol. The van der Waals surface area contributed by atoms with E-state index in [0.29, 0.717) is 0 Å². The summed E-state index contributed by atoms with van der Waals surface area (Å²) < 4.78 is 13.4. The van der Waals surface area contributed by atoms with Gasteiger partial charge < -0.3 is 10.2 Å². The summed E-state index contributed by atoms with van der Waals surface area (Å²) in [7, 11) is 1.91. The van der Waals surface area contributed by atoms with Crippen LogP contribution in [0.5, 0.6) is 0 Å². The Kier molecular flexibility index (Phi) is 5.28. The van der Waals surface area contributed by atoms with Crippen LogP contribution in [0.1, 0.15) is 31.9 Å². The molecule has 3 nitrogen and oxygen atoms in total. The molecule has 2 aromatic rings. The van der Waals surface area contributed by atoms with E-state index < -0.39 is 0 Å². The molecule has 1 heterocycles. The van der Waals surface area contributed by atoms with Crippen LogP contribution in [0.4, 0.5) is 15.9 Å². The van der Waals surface area contributed by atoms with E-state index in [4.69, 9.17) is 0 Å². The van der Waals surface area contributed by atoms with Gasteiger partial charge in [0.15, 0.2) is 0 Å². The van der Waals surface area contributed by atoms with E-state index in [2.05, 4.69) is 30.2 Å². The number of pyridine rings is 1. The molecular formula is C17H22FN3. The summed E-state index contributed by atoms with van der Waals surface area (Å²) in [6, 6.07) is 10.7. The Morgan fingerprint density at radius 1 is 1.29 bits per heavy atom. The lowest BCUT2D eigenvalue weighted by atomic mass is 10.1. The summed E-state index contributed by atoms with van der Waals surface area (Å²) in [5.41, 5.74) is 1.90. The Balaban J connectivity index is 2.31. The molecule has 4 heteroatoms. The second-order valence-corrected chi connectivity index (χ2v) is 5.13. The highest BCUT2D eigenvalue weighted by molar-refractivity contribution is 5.62. The quantitative estimate of drug-likeness (QED) is 0.868. The van der Waals surface area contributed by atoms with Gasteiger partial charge in [-0.25, -0.2) is 9.37 Å². The van der Waals surface area contributed by atoms with Gasteiger partial charge in [0.25, 0.3) is 0 Å². The number of anilines is 2. The first-order valence-electron chi connectivity index (χ1n) is 7.31. The third-order valence-corrected chi connectivity index (χ3v) is 3.50. The van der Waals surface area contributed by atoms with E-state index in [1.807, 2.05) is 24.1 Å². The van der Waals surface area contributed by atoms with Crippen LogP contribution in [0.25, 0.3) is 0 Å². The summed E-state index contributed by atoms with van der Waals surface area (Å²) in [6.07, 6.45) is 2.85. The van der Waals surface area contributed by atoms with Crippen molar-refractivity contribution in [1.82, 2.24) is 10.3 Å². The van der Waals surface area contributed by atoms with Crippen molar-refractivity contribution < 1.29 is 4.39 Å². The highest BCUT2D eigenvalue weighted by Crippen LogP contribution is 2.28. The highest BCUT2D eigenvalue weighted by Gasteiger charge is 2.15. The maximum atomic E-state index is 13.4. The van der Waals surface area contributed by atoms with Gasteiger partial charge in [-0.05, 0) is 44.2 Å². The largest absolute Gasteiger partial charge is 0.329 e. The van der Waals surface area contributed by atoms with Gasteiger partial charge >= 0.3 is 0 Å². The van der Waals surface area contributed by atoms with Crippen molar-refractivity contribution in [3.8, 4) is 0 Å². The molecule has 0 radical (unpaired) electrons. The number of hydrogen-bond acceptors (Lipinski definition) is 3. The standard InChI is InChI=1S/C17H22FN3/c1-4-10-19-13(2)16-9-6-11-20-17(16)21(3)15-8-5-7-14(18)12-15/h5-9,11-13,19H,4,10H2,1-3H3. The van der Waals surface area contributed by atoms with Gasteiger partial charge in [-0.1, -0.05) is 19.1 Å². The lowest BCUT2D eigenvalue weighted by molar-refractivity contribution is 0.569. The van der Waals surface area contributed by atoms with Crippen molar-refractivity contribution in [2.45, 2.75) is 26.3 Å². The van der Waals surface area contributed by atoms with Gasteiger partial charge in [-0.3, -0.25) is 0 Å². The van der Waals surface area contributed by atoms with Crippen molar-refractivity contribution in [3.05, 3.63) is 54.0 Å². The number of nitrogens with zero attached hydrogens (tertiary/aromatic N) is 2. The zero-order valence-electron chi connectivity index (χ0n) is 12.8. The predicted octanol–water partition coefficient (Wildman–Crippen LogP) is 4.05. The molecule has 0 aliphatic carbocycles. The van der Waals surface area contributed by atoms with Gasteiger partial charge in [-0.15, -0.1) is 0 Å². The summed E-state index contributed by atoms with van der Waals surface area (Å²) >= 11 is 0. The van der Waals surface area contributed by atoms with Gasteiger partial charge in [0.2, 0.25) is 0 Å². The average molecular weight is 287 g/mol. The van der Waals surface area contributed by atoms with Gasteiger partial charge in [-0.2, -0.15) is 0 Å². The first-order valence-corrected chi connectivity index (χ1v) is 7.31. The lowest BCUT2D eigenvalue weighted by Gasteiger charge is -2.24. The van der Waals surface area contributed by atoms with E-state index in [0.717, 1.165) is 30.0 Å². The van der Waals surface area contributed by atoms with Crippen LogP contribution in [0.3, 0.4) is 0 Å². The van der Waals surface area contributed by atoms with Crippen LogP contribution >= 0.6 is 0 Å². The average Bonchev–Trinajstić information content (AvgIpc) is 2.52. The van der Waals surface area contributed by atoms with Gasteiger partial charge in [0.1, 0.15) is 11.6 Å². The molecule has 1 aromatic heterocycles. The number of aromatic nitrogens is 1. The third-order valence-electron chi connectivity index (χ3n) is 3.50.